The number of carbonyl (C=O) groups is 1. The van der Waals surface area contributed by atoms with Crippen LogP contribution in [0.3, 0.4) is 0 Å². The maximum Gasteiger partial charge on any atom is 0.235 e. The molecule has 0 aromatic carbocycles. The van der Waals surface area contributed by atoms with E-state index in [1.54, 1.807) is 11.1 Å². The zero-order valence-electron chi connectivity index (χ0n) is 12.8. The van der Waals surface area contributed by atoms with Crippen molar-refractivity contribution in [3.8, 4) is 0 Å². The predicted molar refractivity (Wildman–Crippen MR) is 86.6 cm³/mol. The molecule has 0 aliphatic heterocycles. The van der Waals surface area contributed by atoms with Gasteiger partial charge in [0.25, 0.3) is 0 Å². The Kier molecular flexibility index (Phi) is 4.98. The average molecular weight is 308 g/mol. The largest absolute Gasteiger partial charge is 0.392 e. The van der Waals surface area contributed by atoms with E-state index in [0.29, 0.717) is 11.5 Å². The summed E-state index contributed by atoms with van der Waals surface area (Å²) in [6.07, 6.45) is 9.49. The molecule has 1 heterocycles. The van der Waals surface area contributed by atoms with E-state index in [9.17, 15) is 4.79 Å². The Labute approximate surface area is 131 Å². The van der Waals surface area contributed by atoms with E-state index in [1.165, 1.54) is 0 Å². The summed E-state index contributed by atoms with van der Waals surface area (Å²) < 4.78 is 1.92. The molecule has 1 aliphatic carbocycles. The van der Waals surface area contributed by atoms with E-state index in [-0.39, 0.29) is 5.91 Å². The molecule has 0 unspecified atom stereocenters. The van der Waals surface area contributed by atoms with Gasteiger partial charge in [-0.25, -0.2) is 4.98 Å². The predicted octanol–water partition coefficient (Wildman–Crippen LogP) is 2.01. The highest BCUT2D eigenvalue weighted by atomic mass is 32.1. The Morgan fingerprint density at radius 3 is 2.52 bits per heavy atom. The first-order valence-electron chi connectivity index (χ1n) is 7.49. The first kappa shape index (κ1) is 15.9. The molecular weight excluding hydrogens is 284 g/mol. The van der Waals surface area contributed by atoms with Gasteiger partial charge in [0.15, 0.2) is 0 Å². The summed E-state index contributed by atoms with van der Waals surface area (Å²) in [7, 11) is 3.73. The number of aromatic nitrogens is 2. The maximum atomic E-state index is 13.0. The molecule has 1 aromatic heterocycles. The minimum Gasteiger partial charge on any atom is -0.392 e. The normalized spacial score (nSPS) is 18.0. The van der Waals surface area contributed by atoms with Crippen LogP contribution >= 0.6 is 12.2 Å². The lowest BCUT2D eigenvalue weighted by molar-refractivity contribution is -0.138. The van der Waals surface area contributed by atoms with Crippen molar-refractivity contribution in [3.63, 3.8) is 0 Å². The van der Waals surface area contributed by atoms with E-state index in [0.717, 1.165) is 44.3 Å². The first-order chi connectivity index (χ1) is 9.97. The van der Waals surface area contributed by atoms with Crippen molar-refractivity contribution in [3.05, 3.63) is 18.2 Å². The summed E-state index contributed by atoms with van der Waals surface area (Å²) in [5.41, 5.74) is 5.32. The van der Waals surface area contributed by atoms with Gasteiger partial charge in [-0.2, -0.15) is 0 Å². The summed E-state index contributed by atoms with van der Waals surface area (Å²) >= 11 is 5.27. The quantitative estimate of drug-likeness (QED) is 0.682. The van der Waals surface area contributed by atoms with Crippen LogP contribution in [0.4, 0.5) is 0 Å². The Bertz CT molecular complexity index is 517. The second-order valence-electron chi connectivity index (χ2n) is 5.98. The molecule has 21 heavy (non-hydrogen) atoms. The Balaban J connectivity index is 2.17. The second-order valence-corrected chi connectivity index (χ2v) is 6.42. The monoisotopic (exact) mass is 308 g/mol. The Morgan fingerprint density at radius 1 is 1.43 bits per heavy atom. The number of thiocarbonyl (C=S) groups is 1. The van der Waals surface area contributed by atoms with Gasteiger partial charge in [0.1, 0.15) is 5.82 Å². The van der Waals surface area contributed by atoms with Gasteiger partial charge < -0.3 is 15.2 Å². The molecule has 0 spiro atoms. The Hall–Kier alpha value is -1.43. The van der Waals surface area contributed by atoms with Crippen LogP contribution in [-0.4, -0.2) is 32.4 Å². The summed E-state index contributed by atoms with van der Waals surface area (Å²) in [6.45, 7) is 0.479. The highest BCUT2D eigenvalue weighted by Gasteiger charge is 2.43. The molecule has 0 atom stereocenters. The lowest BCUT2D eigenvalue weighted by Crippen LogP contribution is -2.49. The van der Waals surface area contributed by atoms with E-state index >= 15 is 0 Å². The van der Waals surface area contributed by atoms with Gasteiger partial charge in [-0.15, -0.1) is 0 Å². The smallest absolute Gasteiger partial charge is 0.235 e. The SMILES string of the molecule is CN(Cc1nccn1C)C(=O)C1(C(N)=S)CCCCCC1. The van der Waals surface area contributed by atoms with Crippen molar-refractivity contribution in [2.24, 2.45) is 18.2 Å². The van der Waals surface area contributed by atoms with Crippen LogP contribution < -0.4 is 5.73 Å². The molecule has 0 bridgehead atoms. The van der Waals surface area contributed by atoms with E-state index < -0.39 is 5.41 Å². The molecular formula is C15H24N4OS. The minimum atomic E-state index is -0.661. The maximum absolute atomic E-state index is 13.0. The van der Waals surface area contributed by atoms with Gasteiger partial charge in [-0.1, -0.05) is 37.9 Å². The summed E-state index contributed by atoms with van der Waals surface area (Å²) in [5.74, 6) is 0.900. The fourth-order valence-electron chi connectivity index (χ4n) is 3.10. The highest BCUT2D eigenvalue weighted by Crippen LogP contribution is 2.37. The number of carbonyl (C=O) groups excluding carboxylic acids is 1. The fraction of sp³-hybridized carbons (Fsp3) is 0.667. The van der Waals surface area contributed by atoms with Crippen molar-refractivity contribution < 1.29 is 4.79 Å². The van der Waals surface area contributed by atoms with Crippen LogP contribution in [0.2, 0.25) is 0 Å². The topological polar surface area (TPSA) is 64.2 Å². The molecule has 1 aliphatic rings. The fourth-order valence-corrected chi connectivity index (χ4v) is 3.39. The highest BCUT2D eigenvalue weighted by molar-refractivity contribution is 7.80. The van der Waals surface area contributed by atoms with Gasteiger partial charge in [-0.3, -0.25) is 4.79 Å². The van der Waals surface area contributed by atoms with Crippen molar-refractivity contribution in [1.82, 2.24) is 14.5 Å². The standard InChI is InChI=1S/C15H24N4OS/c1-18-10-9-17-12(18)11-19(2)14(20)15(13(16)21)7-5-3-4-6-8-15/h9-10H,3-8,11H2,1-2H3,(H2,16,21). The zero-order valence-corrected chi connectivity index (χ0v) is 13.7. The van der Waals surface area contributed by atoms with Gasteiger partial charge in [0.2, 0.25) is 5.91 Å². The molecule has 5 nitrogen and oxygen atoms in total. The molecule has 1 aromatic rings. The molecule has 1 fully saturated rings. The number of rotatable bonds is 4. The molecule has 1 saturated carbocycles. The lowest BCUT2D eigenvalue weighted by Gasteiger charge is -2.34. The number of nitrogens with two attached hydrogens (primary N) is 1. The minimum absolute atomic E-state index is 0.0416. The lowest BCUT2D eigenvalue weighted by atomic mass is 9.79. The molecule has 6 heteroatoms. The van der Waals surface area contributed by atoms with Crippen molar-refractivity contribution in [2.75, 3.05) is 7.05 Å². The number of amides is 1. The van der Waals surface area contributed by atoms with Gasteiger partial charge in [0.05, 0.1) is 16.9 Å². The number of hydrogen-bond acceptors (Lipinski definition) is 3. The van der Waals surface area contributed by atoms with E-state index in [2.05, 4.69) is 4.98 Å². The Morgan fingerprint density at radius 2 is 2.05 bits per heavy atom. The van der Waals surface area contributed by atoms with Gasteiger partial charge in [-0.05, 0) is 12.8 Å². The molecule has 2 N–H and O–H groups in total. The zero-order chi connectivity index (χ0) is 15.5. The molecule has 0 radical (unpaired) electrons. The molecule has 116 valence electrons. The van der Waals surface area contributed by atoms with Crippen molar-refractivity contribution in [2.45, 2.75) is 45.1 Å². The third-order valence-electron chi connectivity index (χ3n) is 4.48. The summed E-state index contributed by atoms with van der Waals surface area (Å²) in [5, 5.41) is 0. The van der Waals surface area contributed by atoms with Crippen LogP contribution in [-0.2, 0) is 18.4 Å². The van der Waals surface area contributed by atoms with Gasteiger partial charge in [0, 0.05) is 26.5 Å². The number of hydrogen-bond donors (Lipinski definition) is 1. The summed E-state index contributed by atoms with van der Waals surface area (Å²) in [6, 6.07) is 0. The van der Waals surface area contributed by atoms with Crippen LogP contribution in [0, 0.1) is 5.41 Å². The molecule has 1 amide bonds. The number of imidazole rings is 1. The van der Waals surface area contributed by atoms with Crippen LogP contribution in [0.15, 0.2) is 12.4 Å². The number of nitrogens with zero attached hydrogens (tertiary/aromatic N) is 3. The second kappa shape index (κ2) is 6.56. The van der Waals surface area contributed by atoms with E-state index in [4.69, 9.17) is 18.0 Å². The van der Waals surface area contributed by atoms with Crippen LogP contribution in [0.25, 0.3) is 0 Å². The first-order valence-corrected chi connectivity index (χ1v) is 7.90. The summed E-state index contributed by atoms with van der Waals surface area (Å²) in [4.78, 5) is 19.3. The average Bonchev–Trinajstić information content (AvgIpc) is 2.71. The molecule has 2 rings (SSSR count). The van der Waals surface area contributed by atoms with Crippen LogP contribution in [0.1, 0.15) is 44.3 Å². The van der Waals surface area contributed by atoms with E-state index in [1.807, 2.05) is 24.9 Å². The van der Waals surface area contributed by atoms with Gasteiger partial charge >= 0.3 is 0 Å². The number of aryl methyl sites for hydroxylation is 1. The molecule has 0 saturated heterocycles. The van der Waals surface area contributed by atoms with Crippen LogP contribution in [0.5, 0.6) is 0 Å². The third kappa shape index (κ3) is 3.26. The van der Waals surface area contributed by atoms with Crippen molar-refractivity contribution in [1.29, 1.82) is 0 Å². The van der Waals surface area contributed by atoms with Crippen molar-refractivity contribution >= 4 is 23.1 Å². The third-order valence-corrected chi connectivity index (χ3v) is 4.88.